The van der Waals surface area contributed by atoms with Gasteiger partial charge in [0.1, 0.15) is 17.9 Å². The van der Waals surface area contributed by atoms with E-state index < -0.39 is 11.9 Å². The van der Waals surface area contributed by atoms with E-state index in [2.05, 4.69) is 0 Å². The van der Waals surface area contributed by atoms with E-state index in [4.69, 9.17) is 18.6 Å². The summed E-state index contributed by atoms with van der Waals surface area (Å²) in [5.74, 6) is 1.37. The third-order valence-corrected chi connectivity index (χ3v) is 6.94. The molecular weight excluding hydrogens is 506 g/mol. The molecule has 0 fully saturated rings. The molecule has 0 radical (unpaired) electrons. The number of rotatable bonds is 8. The number of anilines is 1. The number of hydrogen-bond donors (Lipinski definition) is 0. The van der Waals surface area contributed by atoms with E-state index >= 15 is 0 Å². The number of para-hydroxylation sites is 1. The molecule has 6 rings (SSSR count). The van der Waals surface area contributed by atoms with Crippen LogP contribution in [0.15, 0.2) is 106 Å². The zero-order valence-electron chi connectivity index (χ0n) is 22.1. The summed E-state index contributed by atoms with van der Waals surface area (Å²) in [4.78, 5) is 29.3. The number of amides is 1. The molecule has 1 amide bonds. The second-order valence-corrected chi connectivity index (χ2v) is 9.36. The van der Waals surface area contributed by atoms with Gasteiger partial charge in [0.25, 0.3) is 5.91 Å². The predicted octanol–water partition coefficient (Wildman–Crippen LogP) is 6.53. The molecule has 7 nitrogen and oxygen atoms in total. The van der Waals surface area contributed by atoms with Crippen LogP contribution >= 0.6 is 0 Å². The number of fused-ring (bicyclic) bond motifs is 2. The van der Waals surface area contributed by atoms with Gasteiger partial charge < -0.3 is 18.6 Å². The average Bonchev–Trinajstić information content (AvgIpc) is 3.29. The highest BCUT2D eigenvalue weighted by Gasteiger charge is 2.44. The van der Waals surface area contributed by atoms with Crippen LogP contribution in [0.3, 0.4) is 0 Å². The van der Waals surface area contributed by atoms with Gasteiger partial charge in [0, 0.05) is 5.69 Å². The van der Waals surface area contributed by atoms with E-state index in [0.717, 1.165) is 5.56 Å². The molecule has 40 heavy (non-hydrogen) atoms. The maximum Gasteiger partial charge on any atom is 0.295 e. The van der Waals surface area contributed by atoms with Crippen LogP contribution in [0.5, 0.6) is 17.2 Å². The van der Waals surface area contributed by atoms with Crippen molar-refractivity contribution in [3.63, 3.8) is 0 Å². The summed E-state index contributed by atoms with van der Waals surface area (Å²) < 4.78 is 23.4. The van der Waals surface area contributed by atoms with Crippen LogP contribution in [0.4, 0.5) is 5.69 Å². The third-order valence-electron chi connectivity index (χ3n) is 6.94. The van der Waals surface area contributed by atoms with Crippen LogP contribution in [-0.2, 0) is 6.61 Å². The van der Waals surface area contributed by atoms with Gasteiger partial charge in [-0.05, 0) is 66.6 Å². The van der Waals surface area contributed by atoms with Crippen molar-refractivity contribution in [2.45, 2.75) is 19.6 Å². The van der Waals surface area contributed by atoms with Crippen molar-refractivity contribution in [1.29, 1.82) is 0 Å². The molecule has 0 saturated carbocycles. The highest BCUT2D eigenvalue weighted by Crippen LogP contribution is 2.43. The highest BCUT2D eigenvalue weighted by molar-refractivity contribution is 6.10. The molecule has 1 atom stereocenters. The van der Waals surface area contributed by atoms with Gasteiger partial charge in [-0.2, -0.15) is 0 Å². The first-order valence-corrected chi connectivity index (χ1v) is 13.1. The quantitative estimate of drug-likeness (QED) is 0.226. The van der Waals surface area contributed by atoms with Gasteiger partial charge in [0.15, 0.2) is 16.9 Å². The molecule has 2 heterocycles. The van der Waals surface area contributed by atoms with Gasteiger partial charge in [-0.1, -0.05) is 48.5 Å². The fourth-order valence-corrected chi connectivity index (χ4v) is 5.08. The van der Waals surface area contributed by atoms with E-state index in [0.29, 0.717) is 52.7 Å². The smallest absolute Gasteiger partial charge is 0.295 e. The minimum absolute atomic E-state index is 0.0333. The summed E-state index contributed by atoms with van der Waals surface area (Å²) in [5, 5.41) is 0.419. The van der Waals surface area contributed by atoms with Gasteiger partial charge in [0.05, 0.1) is 30.7 Å². The fraction of sp³-hybridized carbons (Fsp3) is 0.152. The lowest BCUT2D eigenvalue weighted by molar-refractivity contribution is 0.0971. The van der Waals surface area contributed by atoms with Crippen molar-refractivity contribution in [2.24, 2.45) is 0 Å². The number of hydrogen-bond acceptors (Lipinski definition) is 6. The van der Waals surface area contributed by atoms with Crippen molar-refractivity contribution in [1.82, 2.24) is 0 Å². The lowest BCUT2D eigenvalue weighted by atomic mass is 9.97. The first-order valence-electron chi connectivity index (χ1n) is 13.1. The number of ether oxygens (including phenoxy) is 3. The van der Waals surface area contributed by atoms with Crippen LogP contribution in [0.2, 0.25) is 0 Å². The largest absolute Gasteiger partial charge is 0.494 e. The summed E-state index contributed by atoms with van der Waals surface area (Å²) in [5.41, 5.74) is 2.73. The Bertz CT molecular complexity index is 1740. The molecule has 200 valence electrons. The second-order valence-electron chi connectivity index (χ2n) is 9.36. The van der Waals surface area contributed by atoms with Crippen molar-refractivity contribution >= 4 is 22.6 Å². The maximum atomic E-state index is 13.9. The Labute approximate surface area is 231 Å². The van der Waals surface area contributed by atoms with Crippen molar-refractivity contribution in [3.05, 3.63) is 130 Å². The molecule has 1 aliphatic heterocycles. The highest BCUT2D eigenvalue weighted by atomic mass is 16.5. The SMILES string of the molecule is CCOc1ccc(N2C(=O)c3oc4ccccc4c(=O)c3C2c2ccc(OCc3ccccc3)c(OC)c2)cc1. The van der Waals surface area contributed by atoms with E-state index in [1.54, 1.807) is 66.6 Å². The zero-order chi connectivity index (χ0) is 27.6. The molecule has 4 aromatic carbocycles. The van der Waals surface area contributed by atoms with Crippen LogP contribution in [-0.4, -0.2) is 19.6 Å². The Hall–Kier alpha value is -5.04. The zero-order valence-corrected chi connectivity index (χ0v) is 22.1. The number of methoxy groups -OCH3 is 1. The normalized spacial score (nSPS) is 14.3. The fourth-order valence-electron chi connectivity index (χ4n) is 5.08. The minimum Gasteiger partial charge on any atom is -0.494 e. The molecule has 1 aliphatic rings. The van der Waals surface area contributed by atoms with Crippen molar-refractivity contribution in [2.75, 3.05) is 18.6 Å². The monoisotopic (exact) mass is 533 g/mol. The van der Waals surface area contributed by atoms with Crippen molar-refractivity contribution < 1.29 is 23.4 Å². The van der Waals surface area contributed by atoms with Gasteiger partial charge in [0.2, 0.25) is 5.76 Å². The molecule has 0 spiro atoms. The molecule has 0 N–H and O–H groups in total. The average molecular weight is 534 g/mol. The van der Waals surface area contributed by atoms with Crippen LogP contribution in [0.25, 0.3) is 11.0 Å². The summed E-state index contributed by atoms with van der Waals surface area (Å²) in [6.45, 7) is 2.81. The van der Waals surface area contributed by atoms with Crippen LogP contribution in [0.1, 0.15) is 40.2 Å². The summed E-state index contributed by atoms with van der Waals surface area (Å²) in [6, 6.07) is 28.8. The van der Waals surface area contributed by atoms with Gasteiger partial charge in [-0.3, -0.25) is 14.5 Å². The van der Waals surface area contributed by atoms with E-state index in [1.165, 1.54) is 0 Å². The summed E-state index contributed by atoms with van der Waals surface area (Å²) >= 11 is 0. The van der Waals surface area contributed by atoms with E-state index in [1.807, 2.05) is 49.4 Å². The predicted molar refractivity (Wildman–Crippen MR) is 153 cm³/mol. The van der Waals surface area contributed by atoms with E-state index in [-0.39, 0.29) is 16.8 Å². The molecule has 5 aromatic rings. The van der Waals surface area contributed by atoms with Gasteiger partial charge in [-0.25, -0.2) is 0 Å². The lowest BCUT2D eigenvalue weighted by Gasteiger charge is -2.26. The summed E-state index contributed by atoms with van der Waals surface area (Å²) in [6.07, 6.45) is 0. The Morgan fingerprint density at radius 2 is 1.57 bits per heavy atom. The minimum atomic E-state index is -0.738. The molecular formula is C33H27NO6. The van der Waals surface area contributed by atoms with Gasteiger partial charge >= 0.3 is 0 Å². The second kappa shape index (κ2) is 10.6. The third kappa shape index (κ3) is 4.45. The topological polar surface area (TPSA) is 78.2 Å². The van der Waals surface area contributed by atoms with Crippen LogP contribution < -0.4 is 24.5 Å². The Balaban J connectivity index is 1.46. The molecule has 0 saturated heterocycles. The standard InChI is InChI=1S/C33H27NO6/c1-3-38-24-16-14-23(15-17-24)34-30(29-31(35)25-11-7-8-12-26(25)40-32(29)33(34)36)22-13-18-27(28(19-22)37-2)39-20-21-9-5-4-6-10-21/h4-19,30H,3,20H2,1-2H3. The first-order chi connectivity index (χ1) is 19.6. The number of benzene rings is 4. The maximum absolute atomic E-state index is 13.9. The Morgan fingerprint density at radius 1 is 0.825 bits per heavy atom. The molecule has 0 aliphatic carbocycles. The molecule has 0 bridgehead atoms. The molecule has 1 aromatic heterocycles. The Morgan fingerprint density at radius 3 is 2.33 bits per heavy atom. The van der Waals surface area contributed by atoms with Crippen LogP contribution in [0, 0.1) is 0 Å². The number of nitrogens with zero attached hydrogens (tertiary/aromatic N) is 1. The summed E-state index contributed by atoms with van der Waals surface area (Å²) in [7, 11) is 1.56. The van der Waals surface area contributed by atoms with Gasteiger partial charge in [-0.15, -0.1) is 0 Å². The molecule has 1 unspecified atom stereocenters. The van der Waals surface area contributed by atoms with E-state index in [9.17, 15) is 9.59 Å². The first kappa shape index (κ1) is 25.2. The Kier molecular flexibility index (Phi) is 6.70. The number of carbonyl (C=O) groups excluding carboxylic acids is 1. The number of carbonyl (C=O) groups is 1. The lowest BCUT2D eigenvalue weighted by Crippen LogP contribution is -2.29. The van der Waals surface area contributed by atoms with Crippen molar-refractivity contribution in [3.8, 4) is 17.2 Å². The molecule has 7 heteroatoms.